The van der Waals surface area contributed by atoms with Crippen molar-refractivity contribution >= 4 is 44.6 Å². The maximum Gasteiger partial charge on any atom is 0.173 e. The van der Waals surface area contributed by atoms with Crippen LogP contribution < -0.4 is 10.1 Å². The van der Waals surface area contributed by atoms with Crippen LogP contribution in [0.15, 0.2) is 12.1 Å². The van der Waals surface area contributed by atoms with Crippen molar-refractivity contribution in [2.75, 3.05) is 51.8 Å². The van der Waals surface area contributed by atoms with Crippen LogP contribution in [0, 0.1) is 0 Å². The zero-order valence-electron chi connectivity index (χ0n) is 16.4. The summed E-state index contributed by atoms with van der Waals surface area (Å²) < 4.78 is 6.70. The Morgan fingerprint density at radius 1 is 1.30 bits per heavy atom. The third kappa shape index (κ3) is 4.68. The number of nitrogens with zero attached hydrogens (tertiary/aromatic N) is 3. The van der Waals surface area contributed by atoms with Crippen molar-refractivity contribution in [2.24, 2.45) is 0 Å². The number of nitrogens with one attached hydrogen (secondary N) is 1. The first-order valence-corrected chi connectivity index (χ1v) is 10.4. The molecule has 27 heavy (non-hydrogen) atoms. The van der Waals surface area contributed by atoms with Crippen molar-refractivity contribution in [2.45, 2.75) is 26.2 Å². The van der Waals surface area contributed by atoms with E-state index in [0.29, 0.717) is 5.11 Å². The normalized spacial score (nSPS) is 16.0. The number of aliphatic hydroxyl groups is 1. The standard InChI is InChI=1S/C19H28N4O2S2/c1-19(2,3)17-20-14-11-15(25-4)13(12-16(14)27-17)21-18(26)23-7-5-22(6-8-23)9-10-24/h11-12,24H,5-10H2,1-4H3,(H,21,26). The van der Waals surface area contributed by atoms with Gasteiger partial charge >= 0.3 is 0 Å². The quantitative estimate of drug-likeness (QED) is 0.754. The smallest absolute Gasteiger partial charge is 0.173 e. The zero-order chi connectivity index (χ0) is 19.6. The Kier molecular flexibility index (Phi) is 6.20. The molecular weight excluding hydrogens is 380 g/mol. The van der Waals surface area contributed by atoms with Gasteiger partial charge in [0.1, 0.15) is 5.75 Å². The second-order valence-electron chi connectivity index (χ2n) is 7.77. The van der Waals surface area contributed by atoms with Crippen LogP contribution in [0.5, 0.6) is 5.75 Å². The molecule has 1 saturated heterocycles. The zero-order valence-corrected chi connectivity index (χ0v) is 18.0. The lowest BCUT2D eigenvalue weighted by molar-refractivity contribution is 0.148. The molecule has 0 radical (unpaired) electrons. The number of rotatable bonds is 4. The predicted molar refractivity (Wildman–Crippen MR) is 116 cm³/mol. The van der Waals surface area contributed by atoms with Crippen LogP contribution in [0.25, 0.3) is 10.2 Å². The van der Waals surface area contributed by atoms with Crippen molar-refractivity contribution in [1.29, 1.82) is 0 Å². The van der Waals surface area contributed by atoms with Crippen LogP contribution in [0.1, 0.15) is 25.8 Å². The van der Waals surface area contributed by atoms with Gasteiger partial charge in [-0.05, 0) is 18.3 Å². The van der Waals surface area contributed by atoms with E-state index < -0.39 is 0 Å². The van der Waals surface area contributed by atoms with Crippen molar-refractivity contribution in [3.05, 3.63) is 17.1 Å². The van der Waals surface area contributed by atoms with Crippen LogP contribution in [-0.4, -0.2) is 71.4 Å². The molecule has 0 aliphatic carbocycles. The summed E-state index contributed by atoms with van der Waals surface area (Å²) in [6.07, 6.45) is 0. The molecule has 2 heterocycles. The number of β-amino-alcohol motifs (C(OH)–C–C–N with tert-alkyl or cyclic N) is 1. The van der Waals surface area contributed by atoms with Gasteiger partial charge in [-0.25, -0.2) is 4.98 Å². The second kappa shape index (κ2) is 8.26. The number of thiazole rings is 1. The summed E-state index contributed by atoms with van der Waals surface area (Å²) in [6.45, 7) is 11.0. The molecule has 2 N–H and O–H groups in total. The number of thiocarbonyl (C=S) groups is 1. The number of hydrogen-bond donors (Lipinski definition) is 2. The van der Waals surface area contributed by atoms with Crippen LogP contribution in [0.4, 0.5) is 5.69 Å². The average Bonchev–Trinajstić information content (AvgIpc) is 3.05. The molecule has 2 aromatic rings. The van der Waals surface area contributed by atoms with E-state index in [2.05, 4.69) is 42.0 Å². The van der Waals surface area contributed by atoms with E-state index in [1.54, 1.807) is 18.4 Å². The van der Waals surface area contributed by atoms with Crippen LogP contribution >= 0.6 is 23.6 Å². The second-order valence-corrected chi connectivity index (χ2v) is 9.19. The highest BCUT2D eigenvalue weighted by molar-refractivity contribution is 7.80. The van der Waals surface area contributed by atoms with E-state index in [1.807, 2.05) is 6.07 Å². The topological polar surface area (TPSA) is 60.9 Å². The first-order valence-electron chi connectivity index (χ1n) is 9.20. The highest BCUT2D eigenvalue weighted by Crippen LogP contribution is 2.36. The molecule has 1 fully saturated rings. The summed E-state index contributed by atoms with van der Waals surface area (Å²) in [5.74, 6) is 0.745. The number of benzene rings is 1. The molecule has 6 nitrogen and oxygen atoms in total. The number of hydrogen-bond acceptors (Lipinski definition) is 6. The molecule has 0 atom stereocenters. The average molecular weight is 409 g/mol. The van der Waals surface area contributed by atoms with Crippen LogP contribution in [-0.2, 0) is 5.41 Å². The predicted octanol–water partition coefficient (Wildman–Crippen LogP) is 2.91. The van der Waals surface area contributed by atoms with Gasteiger partial charge in [0.15, 0.2) is 5.11 Å². The lowest BCUT2D eigenvalue weighted by Crippen LogP contribution is -2.50. The lowest BCUT2D eigenvalue weighted by Gasteiger charge is -2.36. The summed E-state index contributed by atoms with van der Waals surface area (Å²) >= 11 is 7.35. The maximum atomic E-state index is 9.07. The lowest BCUT2D eigenvalue weighted by atomic mass is 9.98. The summed E-state index contributed by atoms with van der Waals surface area (Å²) in [5.41, 5.74) is 1.85. The molecule has 8 heteroatoms. The number of methoxy groups -OCH3 is 1. The number of fused-ring (bicyclic) bond motifs is 1. The van der Waals surface area contributed by atoms with Crippen molar-refractivity contribution in [3.8, 4) is 5.75 Å². The van der Waals surface area contributed by atoms with E-state index in [0.717, 1.165) is 59.4 Å². The van der Waals surface area contributed by atoms with E-state index in [4.69, 9.17) is 27.0 Å². The third-order valence-electron chi connectivity index (χ3n) is 4.67. The Morgan fingerprint density at radius 2 is 2.00 bits per heavy atom. The molecule has 1 aliphatic rings. The van der Waals surface area contributed by atoms with Gasteiger partial charge < -0.3 is 20.1 Å². The number of aromatic nitrogens is 1. The van der Waals surface area contributed by atoms with Crippen molar-refractivity contribution < 1.29 is 9.84 Å². The Morgan fingerprint density at radius 3 is 2.59 bits per heavy atom. The molecule has 0 bridgehead atoms. The van der Waals surface area contributed by atoms with Gasteiger partial charge in [0.25, 0.3) is 0 Å². The third-order valence-corrected chi connectivity index (χ3v) is 6.47. The fourth-order valence-corrected chi connectivity index (χ4v) is 4.39. The Hall–Kier alpha value is -1.48. The van der Waals surface area contributed by atoms with E-state index in [-0.39, 0.29) is 12.0 Å². The molecule has 1 aromatic heterocycles. The van der Waals surface area contributed by atoms with Crippen LogP contribution in [0.3, 0.4) is 0 Å². The number of aliphatic hydroxyl groups excluding tert-OH is 1. The molecular formula is C19H28N4O2S2. The summed E-state index contributed by atoms with van der Waals surface area (Å²) in [4.78, 5) is 9.18. The first-order chi connectivity index (χ1) is 12.8. The van der Waals surface area contributed by atoms with Gasteiger partial charge in [0.05, 0.1) is 34.6 Å². The fraction of sp³-hybridized carbons (Fsp3) is 0.579. The Balaban J connectivity index is 1.76. The summed E-state index contributed by atoms with van der Waals surface area (Å²) in [5, 5.41) is 14.3. The minimum absolute atomic E-state index is 0.0219. The molecule has 1 aliphatic heterocycles. The number of piperazine rings is 1. The minimum atomic E-state index is 0.0219. The number of ether oxygens (including phenoxy) is 1. The Labute approximate surface area is 170 Å². The molecule has 0 saturated carbocycles. The van der Waals surface area contributed by atoms with Crippen LogP contribution in [0.2, 0.25) is 0 Å². The largest absolute Gasteiger partial charge is 0.494 e. The van der Waals surface area contributed by atoms with Gasteiger partial charge in [0, 0.05) is 44.2 Å². The van der Waals surface area contributed by atoms with E-state index in [9.17, 15) is 0 Å². The molecule has 148 valence electrons. The molecule has 0 unspecified atom stereocenters. The van der Waals surface area contributed by atoms with Gasteiger partial charge in [-0.15, -0.1) is 11.3 Å². The SMILES string of the molecule is COc1cc2nc(C(C)(C)C)sc2cc1NC(=S)N1CCN(CCO)CC1. The molecule has 0 spiro atoms. The molecule has 0 amide bonds. The van der Waals surface area contributed by atoms with Gasteiger partial charge in [-0.1, -0.05) is 20.8 Å². The van der Waals surface area contributed by atoms with E-state index in [1.165, 1.54) is 0 Å². The molecule has 3 rings (SSSR count). The highest BCUT2D eigenvalue weighted by atomic mass is 32.1. The summed E-state index contributed by atoms with van der Waals surface area (Å²) in [7, 11) is 1.67. The Bertz CT molecular complexity index is 808. The minimum Gasteiger partial charge on any atom is -0.494 e. The van der Waals surface area contributed by atoms with Gasteiger partial charge in [-0.3, -0.25) is 4.90 Å². The van der Waals surface area contributed by atoms with Gasteiger partial charge in [0.2, 0.25) is 0 Å². The molecule has 1 aromatic carbocycles. The fourth-order valence-electron chi connectivity index (χ4n) is 3.05. The first kappa shape index (κ1) is 20.3. The monoisotopic (exact) mass is 408 g/mol. The maximum absolute atomic E-state index is 9.07. The number of anilines is 1. The van der Waals surface area contributed by atoms with E-state index >= 15 is 0 Å². The highest BCUT2D eigenvalue weighted by Gasteiger charge is 2.22. The van der Waals surface area contributed by atoms with Gasteiger partial charge in [-0.2, -0.15) is 0 Å². The van der Waals surface area contributed by atoms with Crippen molar-refractivity contribution in [1.82, 2.24) is 14.8 Å². The van der Waals surface area contributed by atoms with Crippen molar-refractivity contribution in [3.63, 3.8) is 0 Å². The summed E-state index contributed by atoms with van der Waals surface area (Å²) in [6, 6.07) is 4.06.